The molecule has 20 heavy (non-hydrogen) atoms. The molecule has 4 nitrogen and oxygen atoms in total. The van der Waals surface area contributed by atoms with Crippen LogP contribution in [0.2, 0.25) is 0 Å². The molecule has 3 atom stereocenters. The van der Waals surface area contributed by atoms with Crippen LogP contribution in [-0.4, -0.2) is 43.7 Å². The lowest BCUT2D eigenvalue weighted by molar-refractivity contribution is -0.140. The van der Waals surface area contributed by atoms with Crippen LogP contribution in [0.5, 0.6) is 0 Å². The van der Waals surface area contributed by atoms with Crippen molar-refractivity contribution >= 4 is 5.91 Å². The van der Waals surface area contributed by atoms with Gasteiger partial charge in [-0.1, -0.05) is 20.8 Å². The van der Waals surface area contributed by atoms with Crippen molar-refractivity contribution in [2.75, 3.05) is 26.7 Å². The standard InChI is InChI=1S/C16H30N2O2/c1-15(2)12-6-7-16(15,3)13(10-12)20-11-14(19)18(4)9-5-8-17/h12-13H,5-11,17H2,1-4H3. The van der Waals surface area contributed by atoms with Crippen LogP contribution < -0.4 is 5.73 Å². The van der Waals surface area contributed by atoms with E-state index in [9.17, 15) is 4.79 Å². The van der Waals surface area contributed by atoms with Gasteiger partial charge in [0.25, 0.3) is 0 Å². The van der Waals surface area contributed by atoms with Crippen molar-refractivity contribution in [2.24, 2.45) is 22.5 Å². The van der Waals surface area contributed by atoms with E-state index in [-0.39, 0.29) is 24.0 Å². The number of ether oxygens (including phenoxy) is 1. The molecular weight excluding hydrogens is 252 g/mol. The lowest BCUT2D eigenvalue weighted by Gasteiger charge is -2.39. The summed E-state index contributed by atoms with van der Waals surface area (Å²) >= 11 is 0. The van der Waals surface area contributed by atoms with Crippen LogP contribution in [0.15, 0.2) is 0 Å². The number of likely N-dealkylation sites (N-methyl/N-ethyl adjacent to an activating group) is 1. The maximum absolute atomic E-state index is 12.0. The highest BCUT2D eigenvalue weighted by Gasteiger charge is 2.61. The Hall–Kier alpha value is -0.610. The Balaban J connectivity index is 1.85. The van der Waals surface area contributed by atoms with E-state index in [4.69, 9.17) is 10.5 Å². The predicted octanol–water partition coefficient (Wildman–Crippen LogP) is 2.02. The second kappa shape index (κ2) is 5.64. The third kappa shape index (κ3) is 2.48. The first kappa shape index (κ1) is 15.8. The third-order valence-electron chi connectivity index (χ3n) is 6.25. The molecule has 0 heterocycles. The summed E-state index contributed by atoms with van der Waals surface area (Å²) in [5, 5.41) is 0. The highest BCUT2D eigenvalue weighted by atomic mass is 16.5. The van der Waals surface area contributed by atoms with Crippen LogP contribution in [0.3, 0.4) is 0 Å². The number of nitrogens with zero attached hydrogens (tertiary/aromatic N) is 1. The van der Waals surface area contributed by atoms with Gasteiger partial charge in [0, 0.05) is 13.6 Å². The molecule has 2 bridgehead atoms. The van der Waals surface area contributed by atoms with E-state index in [1.807, 2.05) is 7.05 Å². The number of hydrogen-bond acceptors (Lipinski definition) is 3. The molecule has 2 aliphatic rings. The van der Waals surface area contributed by atoms with Gasteiger partial charge in [-0.25, -0.2) is 0 Å². The average Bonchev–Trinajstić information content (AvgIpc) is 2.74. The second-order valence-corrected chi connectivity index (χ2v) is 7.37. The zero-order chi connectivity index (χ0) is 15.0. The fraction of sp³-hybridized carbons (Fsp3) is 0.938. The van der Waals surface area contributed by atoms with Crippen molar-refractivity contribution in [3.63, 3.8) is 0 Å². The van der Waals surface area contributed by atoms with Gasteiger partial charge in [0.15, 0.2) is 0 Å². The van der Waals surface area contributed by atoms with Gasteiger partial charge in [0.05, 0.1) is 6.10 Å². The normalized spacial score (nSPS) is 34.5. The minimum atomic E-state index is 0.0719. The van der Waals surface area contributed by atoms with Crippen molar-refractivity contribution < 1.29 is 9.53 Å². The number of rotatable bonds is 6. The molecule has 116 valence electrons. The molecule has 2 saturated carbocycles. The Bertz CT molecular complexity index is 369. The van der Waals surface area contributed by atoms with E-state index in [0.29, 0.717) is 12.0 Å². The molecule has 0 spiro atoms. The van der Waals surface area contributed by atoms with Gasteiger partial charge >= 0.3 is 0 Å². The van der Waals surface area contributed by atoms with E-state index < -0.39 is 0 Å². The topological polar surface area (TPSA) is 55.6 Å². The largest absolute Gasteiger partial charge is 0.368 e. The molecule has 0 aromatic carbocycles. The summed E-state index contributed by atoms with van der Waals surface area (Å²) in [4.78, 5) is 13.8. The number of carbonyl (C=O) groups is 1. The molecule has 2 N–H and O–H groups in total. The molecular formula is C16H30N2O2. The van der Waals surface area contributed by atoms with Crippen LogP contribution in [-0.2, 0) is 9.53 Å². The Morgan fingerprint density at radius 1 is 1.40 bits per heavy atom. The SMILES string of the molecule is CN(CCCN)C(=O)COC1CC2CCC1(C)C2(C)C. The van der Waals surface area contributed by atoms with E-state index in [1.165, 1.54) is 12.8 Å². The minimum Gasteiger partial charge on any atom is -0.368 e. The smallest absolute Gasteiger partial charge is 0.248 e. The Morgan fingerprint density at radius 3 is 2.60 bits per heavy atom. The summed E-state index contributed by atoms with van der Waals surface area (Å²) in [6.45, 7) is 8.62. The van der Waals surface area contributed by atoms with Crippen molar-refractivity contribution in [2.45, 2.75) is 52.6 Å². The minimum absolute atomic E-state index is 0.0719. The van der Waals surface area contributed by atoms with Crippen LogP contribution >= 0.6 is 0 Å². The number of carbonyl (C=O) groups excluding carboxylic acids is 1. The Morgan fingerprint density at radius 2 is 2.10 bits per heavy atom. The zero-order valence-corrected chi connectivity index (χ0v) is 13.4. The van der Waals surface area contributed by atoms with Crippen LogP contribution in [0, 0.1) is 16.7 Å². The maximum Gasteiger partial charge on any atom is 0.248 e. The molecule has 0 aromatic rings. The molecule has 2 rings (SSSR count). The first-order valence-electron chi connectivity index (χ1n) is 7.88. The van der Waals surface area contributed by atoms with Crippen molar-refractivity contribution in [3.05, 3.63) is 0 Å². The molecule has 1 amide bonds. The van der Waals surface area contributed by atoms with Gasteiger partial charge in [0.2, 0.25) is 5.91 Å². The molecule has 0 aromatic heterocycles. The lowest BCUT2D eigenvalue weighted by atomic mass is 9.70. The number of hydrogen-bond donors (Lipinski definition) is 1. The highest BCUT2D eigenvalue weighted by molar-refractivity contribution is 5.77. The van der Waals surface area contributed by atoms with Crippen molar-refractivity contribution in [3.8, 4) is 0 Å². The summed E-state index contributed by atoms with van der Waals surface area (Å²) < 4.78 is 6.02. The molecule has 3 unspecified atom stereocenters. The summed E-state index contributed by atoms with van der Waals surface area (Å²) in [7, 11) is 1.83. The first-order chi connectivity index (χ1) is 9.33. The molecule has 0 radical (unpaired) electrons. The molecule has 0 saturated heterocycles. The number of fused-ring (bicyclic) bond motifs is 2. The molecule has 2 aliphatic carbocycles. The van der Waals surface area contributed by atoms with Gasteiger partial charge < -0.3 is 15.4 Å². The first-order valence-corrected chi connectivity index (χ1v) is 7.88. The van der Waals surface area contributed by atoms with Gasteiger partial charge in [-0.3, -0.25) is 4.79 Å². The van der Waals surface area contributed by atoms with E-state index in [1.54, 1.807) is 4.90 Å². The monoisotopic (exact) mass is 282 g/mol. The zero-order valence-electron chi connectivity index (χ0n) is 13.4. The summed E-state index contributed by atoms with van der Waals surface area (Å²) in [6, 6.07) is 0. The predicted molar refractivity (Wildman–Crippen MR) is 80.3 cm³/mol. The molecule has 0 aliphatic heterocycles. The van der Waals surface area contributed by atoms with Crippen molar-refractivity contribution in [1.82, 2.24) is 4.90 Å². The van der Waals surface area contributed by atoms with Gasteiger partial charge in [-0.15, -0.1) is 0 Å². The lowest BCUT2D eigenvalue weighted by Crippen LogP contribution is -2.40. The number of amides is 1. The number of nitrogens with two attached hydrogens (primary N) is 1. The van der Waals surface area contributed by atoms with Gasteiger partial charge in [-0.2, -0.15) is 0 Å². The van der Waals surface area contributed by atoms with E-state index in [2.05, 4.69) is 20.8 Å². The average molecular weight is 282 g/mol. The maximum atomic E-state index is 12.0. The van der Waals surface area contributed by atoms with Crippen LogP contribution in [0.25, 0.3) is 0 Å². The Labute approximate surface area is 123 Å². The van der Waals surface area contributed by atoms with Gasteiger partial charge in [0.1, 0.15) is 6.61 Å². The van der Waals surface area contributed by atoms with E-state index in [0.717, 1.165) is 25.3 Å². The molecule has 4 heteroatoms. The third-order valence-corrected chi connectivity index (χ3v) is 6.25. The van der Waals surface area contributed by atoms with Crippen LogP contribution in [0.4, 0.5) is 0 Å². The van der Waals surface area contributed by atoms with Crippen LogP contribution in [0.1, 0.15) is 46.5 Å². The summed E-state index contributed by atoms with van der Waals surface area (Å²) in [6.07, 6.45) is 4.74. The van der Waals surface area contributed by atoms with Gasteiger partial charge in [-0.05, 0) is 49.0 Å². The van der Waals surface area contributed by atoms with E-state index >= 15 is 0 Å². The fourth-order valence-corrected chi connectivity index (χ4v) is 4.12. The highest BCUT2D eigenvalue weighted by Crippen LogP contribution is 2.66. The molecule has 2 fully saturated rings. The summed E-state index contributed by atoms with van der Waals surface area (Å²) in [5.74, 6) is 0.824. The van der Waals surface area contributed by atoms with Crippen molar-refractivity contribution in [1.29, 1.82) is 0 Å². The fourth-order valence-electron chi connectivity index (χ4n) is 4.12. The Kier molecular flexibility index (Phi) is 4.45. The second-order valence-electron chi connectivity index (χ2n) is 7.37. The quantitative estimate of drug-likeness (QED) is 0.811. The summed E-state index contributed by atoms with van der Waals surface area (Å²) in [5.41, 5.74) is 6.04.